The molecule has 0 radical (unpaired) electrons. The zero-order valence-electron chi connectivity index (χ0n) is 17.3. The lowest BCUT2D eigenvalue weighted by Crippen LogP contribution is -2.55. The van der Waals surface area contributed by atoms with Crippen molar-refractivity contribution >= 4 is 20.4 Å². The van der Waals surface area contributed by atoms with Crippen LogP contribution in [0.25, 0.3) is 0 Å². The first-order valence-corrected chi connectivity index (χ1v) is 12.5. The molecule has 144 valence electrons. The summed E-state index contributed by atoms with van der Waals surface area (Å²) in [5, 5.41) is 0.145. The molecule has 0 N–H and O–H groups in total. The Bertz CT molecular complexity index is 635. The van der Waals surface area contributed by atoms with Gasteiger partial charge in [-0.3, -0.25) is 9.79 Å². The second-order valence-corrected chi connectivity index (χ2v) is 13.9. The van der Waals surface area contributed by atoms with Crippen LogP contribution in [-0.4, -0.2) is 44.0 Å². The fourth-order valence-corrected chi connectivity index (χ4v) is 3.98. The van der Waals surface area contributed by atoms with E-state index in [2.05, 4.69) is 64.8 Å². The molecule has 1 amide bonds. The third kappa shape index (κ3) is 4.83. The van der Waals surface area contributed by atoms with Crippen molar-refractivity contribution in [1.29, 1.82) is 0 Å². The molecule has 1 aliphatic rings. The maximum absolute atomic E-state index is 12.6. The lowest BCUT2D eigenvalue weighted by molar-refractivity contribution is -0.129. The van der Waals surface area contributed by atoms with Crippen LogP contribution >= 0.6 is 0 Å². The Morgan fingerprint density at radius 3 is 2.35 bits per heavy atom. The van der Waals surface area contributed by atoms with Crippen molar-refractivity contribution in [1.82, 2.24) is 4.90 Å². The average molecular weight is 375 g/mol. The van der Waals surface area contributed by atoms with Crippen molar-refractivity contribution in [3.05, 3.63) is 35.9 Å². The van der Waals surface area contributed by atoms with Crippen LogP contribution in [0.5, 0.6) is 0 Å². The van der Waals surface area contributed by atoms with Gasteiger partial charge < -0.3 is 9.33 Å². The number of aliphatic imine (C=N–C) groups is 1. The van der Waals surface area contributed by atoms with Gasteiger partial charge in [-0.2, -0.15) is 0 Å². The highest BCUT2D eigenvalue weighted by Crippen LogP contribution is 2.37. The second-order valence-electron chi connectivity index (χ2n) is 9.10. The number of nitrogens with zero attached hydrogens (tertiary/aromatic N) is 2. The molecule has 0 fully saturated rings. The van der Waals surface area contributed by atoms with Crippen molar-refractivity contribution < 1.29 is 9.22 Å². The monoisotopic (exact) mass is 374 g/mol. The van der Waals surface area contributed by atoms with Gasteiger partial charge in [-0.05, 0) is 29.6 Å². The van der Waals surface area contributed by atoms with Crippen LogP contribution in [0.15, 0.2) is 35.3 Å². The molecule has 0 unspecified atom stereocenters. The molecule has 1 aliphatic heterocycles. The lowest BCUT2D eigenvalue weighted by atomic mass is 9.94. The molecular weight excluding hydrogens is 340 g/mol. The van der Waals surface area contributed by atoms with E-state index in [1.807, 2.05) is 23.1 Å². The molecule has 2 rings (SSSR count). The summed E-state index contributed by atoms with van der Waals surface area (Å²) in [5.74, 6) is 0.334. The number of hydrogen-bond donors (Lipinski definition) is 0. The zero-order valence-corrected chi connectivity index (χ0v) is 18.3. The standard InChI is InChI=1S/C21H34N2O2Si/c1-16(2)20-18(15-25-26(6,7)21(3,4)5)23(19(24)13-22-20)14-17-11-9-8-10-12-17/h8-13,16,18,20H,14-15H2,1-7H3/t18-,20-/m1/s1. The molecule has 1 aromatic rings. The molecule has 1 heterocycles. The molecule has 0 spiro atoms. The third-order valence-electron chi connectivity index (χ3n) is 5.73. The van der Waals surface area contributed by atoms with Crippen LogP contribution in [0.2, 0.25) is 18.1 Å². The fourth-order valence-electron chi connectivity index (χ4n) is 2.96. The number of rotatable bonds is 6. The largest absolute Gasteiger partial charge is 0.415 e. The van der Waals surface area contributed by atoms with E-state index < -0.39 is 8.32 Å². The van der Waals surface area contributed by atoms with Crippen molar-refractivity contribution in [2.24, 2.45) is 10.9 Å². The summed E-state index contributed by atoms with van der Waals surface area (Å²) in [6, 6.07) is 10.2. The minimum atomic E-state index is -1.89. The Balaban J connectivity index is 2.25. The highest BCUT2D eigenvalue weighted by molar-refractivity contribution is 6.74. The molecule has 0 saturated heterocycles. The first-order chi connectivity index (χ1) is 12.0. The van der Waals surface area contributed by atoms with Gasteiger partial charge in [0.05, 0.1) is 24.9 Å². The quantitative estimate of drug-likeness (QED) is 0.687. The van der Waals surface area contributed by atoms with Gasteiger partial charge in [0.15, 0.2) is 8.32 Å². The molecule has 0 saturated carbocycles. The van der Waals surface area contributed by atoms with Crippen LogP contribution in [-0.2, 0) is 15.8 Å². The normalized spacial score (nSPS) is 21.5. The number of amides is 1. The highest BCUT2D eigenvalue weighted by atomic mass is 28.4. The summed E-state index contributed by atoms with van der Waals surface area (Å²) in [5.41, 5.74) is 1.14. The van der Waals surface area contributed by atoms with Crippen LogP contribution in [0.4, 0.5) is 0 Å². The molecule has 5 heteroatoms. The van der Waals surface area contributed by atoms with Crippen molar-refractivity contribution in [3.63, 3.8) is 0 Å². The van der Waals surface area contributed by atoms with Crippen molar-refractivity contribution in [2.45, 2.75) is 71.4 Å². The van der Waals surface area contributed by atoms with Crippen molar-refractivity contribution in [2.75, 3.05) is 6.61 Å². The Morgan fingerprint density at radius 1 is 1.19 bits per heavy atom. The molecule has 0 bridgehead atoms. The predicted octanol–water partition coefficient (Wildman–Crippen LogP) is 4.51. The number of benzene rings is 1. The number of carbonyl (C=O) groups is 1. The molecule has 4 nitrogen and oxygen atoms in total. The van der Waals surface area contributed by atoms with E-state index in [1.54, 1.807) is 0 Å². The van der Waals surface area contributed by atoms with Gasteiger partial charge in [0, 0.05) is 6.54 Å². The number of carbonyl (C=O) groups excluding carboxylic acids is 1. The van der Waals surface area contributed by atoms with Crippen molar-refractivity contribution in [3.8, 4) is 0 Å². The first kappa shape index (κ1) is 20.8. The summed E-state index contributed by atoms with van der Waals surface area (Å²) >= 11 is 0. The van der Waals surface area contributed by atoms with Gasteiger partial charge >= 0.3 is 0 Å². The van der Waals surface area contributed by atoms with Gasteiger partial charge in [0.2, 0.25) is 0 Å². The minimum Gasteiger partial charge on any atom is -0.415 e. The number of hydrogen-bond acceptors (Lipinski definition) is 3. The van der Waals surface area contributed by atoms with Gasteiger partial charge in [-0.25, -0.2) is 0 Å². The van der Waals surface area contributed by atoms with E-state index in [4.69, 9.17) is 4.43 Å². The van der Waals surface area contributed by atoms with Gasteiger partial charge in [0.1, 0.15) is 0 Å². The van der Waals surface area contributed by atoms with E-state index >= 15 is 0 Å². The molecule has 2 atom stereocenters. The third-order valence-corrected chi connectivity index (χ3v) is 10.2. The van der Waals surface area contributed by atoms with Crippen LogP contribution in [0.3, 0.4) is 0 Å². The Kier molecular flexibility index (Phi) is 6.45. The van der Waals surface area contributed by atoms with Gasteiger partial charge in [0.25, 0.3) is 5.91 Å². The summed E-state index contributed by atoms with van der Waals surface area (Å²) in [7, 11) is -1.89. The van der Waals surface area contributed by atoms with Gasteiger partial charge in [-0.15, -0.1) is 0 Å². The zero-order chi connectivity index (χ0) is 19.5. The molecule has 0 aliphatic carbocycles. The maximum atomic E-state index is 12.6. The summed E-state index contributed by atoms with van der Waals surface area (Å²) in [4.78, 5) is 19.1. The SMILES string of the molecule is CC(C)[C@H]1N=CC(=O)N(Cc2ccccc2)[C@@H]1CO[Si](C)(C)C(C)(C)C. The minimum absolute atomic E-state index is 0.0189. The van der Waals surface area contributed by atoms with E-state index in [-0.39, 0.29) is 23.0 Å². The van der Waals surface area contributed by atoms with E-state index in [0.29, 0.717) is 19.1 Å². The van der Waals surface area contributed by atoms with E-state index in [9.17, 15) is 4.79 Å². The van der Waals surface area contributed by atoms with Crippen LogP contribution in [0.1, 0.15) is 40.2 Å². The van der Waals surface area contributed by atoms with E-state index in [1.165, 1.54) is 6.21 Å². The van der Waals surface area contributed by atoms with Gasteiger partial charge in [-0.1, -0.05) is 65.0 Å². The Morgan fingerprint density at radius 2 is 1.81 bits per heavy atom. The van der Waals surface area contributed by atoms with E-state index in [0.717, 1.165) is 5.56 Å². The maximum Gasteiger partial charge on any atom is 0.265 e. The first-order valence-electron chi connectivity index (χ1n) is 9.54. The fraction of sp³-hybridized carbons (Fsp3) is 0.619. The highest BCUT2D eigenvalue weighted by Gasteiger charge is 2.41. The summed E-state index contributed by atoms with van der Waals surface area (Å²) < 4.78 is 6.50. The van der Waals surface area contributed by atoms with Crippen LogP contribution < -0.4 is 0 Å². The average Bonchev–Trinajstić information content (AvgIpc) is 2.55. The molecular formula is C21H34N2O2Si. The molecule has 0 aromatic heterocycles. The second kappa shape index (κ2) is 8.05. The molecule has 26 heavy (non-hydrogen) atoms. The molecule has 1 aromatic carbocycles. The van der Waals surface area contributed by atoms with Crippen LogP contribution in [0, 0.1) is 5.92 Å². The Hall–Kier alpha value is -1.46. The lowest BCUT2D eigenvalue weighted by Gasteiger charge is -2.43. The Labute approximate surface area is 159 Å². The topological polar surface area (TPSA) is 41.9 Å². The summed E-state index contributed by atoms with van der Waals surface area (Å²) in [6.07, 6.45) is 1.50. The summed E-state index contributed by atoms with van der Waals surface area (Å²) in [6.45, 7) is 16.7. The predicted molar refractivity (Wildman–Crippen MR) is 111 cm³/mol. The smallest absolute Gasteiger partial charge is 0.265 e.